The minimum atomic E-state index is 0.485. The zero-order valence-corrected chi connectivity index (χ0v) is 8.36. The Bertz CT molecular complexity index is 327. The molecule has 0 unspecified atom stereocenters. The van der Waals surface area contributed by atoms with Gasteiger partial charge in [-0.2, -0.15) is 0 Å². The number of benzene rings is 1. The van der Waals surface area contributed by atoms with Gasteiger partial charge in [0.05, 0.1) is 6.61 Å². The third-order valence-electron chi connectivity index (χ3n) is 1.63. The van der Waals surface area contributed by atoms with Crippen LogP contribution in [0, 0.1) is 11.8 Å². The molecule has 0 saturated carbocycles. The summed E-state index contributed by atoms with van der Waals surface area (Å²) < 4.78 is 5.24. The highest BCUT2D eigenvalue weighted by molar-refractivity contribution is 5.33. The van der Waals surface area contributed by atoms with Crippen molar-refractivity contribution in [3.63, 3.8) is 0 Å². The average Bonchev–Trinajstić information content (AvgIpc) is 2.25. The predicted molar refractivity (Wildman–Crippen MR) is 59.0 cm³/mol. The van der Waals surface area contributed by atoms with Gasteiger partial charge in [-0.15, -0.1) is 0 Å². The molecule has 0 N–H and O–H groups in total. The third-order valence-corrected chi connectivity index (χ3v) is 1.63. The largest absolute Gasteiger partial charge is 0.365 e. The van der Waals surface area contributed by atoms with Crippen molar-refractivity contribution in [3.05, 3.63) is 48.0 Å². The zero-order valence-electron chi connectivity index (χ0n) is 8.36. The van der Waals surface area contributed by atoms with Crippen molar-refractivity contribution in [1.29, 1.82) is 0 Å². The Labute approximate surface area is 85.4 Å². The Morgan fingerprint density at radius 1 is 1.29 bits per heavy atom. The number of ether oxygens (including phenoxy) is 1. The van der Waals surface area contributed by atoms with Crippen molar-refractivity contribution in [3.8, 4) is 11.8 Å². The second kappa shape index (κ2) is 6.94. The van der Waals surface area contributed by atoms with Crippen LogP contribution in [-0.4, -0.2) is 13.2 Å². The molecule has 0 aliphatic carbocycles. The van der Waals surface area contributed by atoms with Crippen LogP contribution in [0.2, 0.25) is 0 Å². The molecule has 0 fully saturated rings. The highest BCUT2D eigenvalue weighted by atomic mass is 16.5. The number of hydrogen-bond donors (Lipinski definition) is 0. The standard InChI is InChI=1S/C13H14O/c1-2-3-11-14-12-7-10-13-8-5-4-6-9-13/h2-6,8-9H,11-12H2,1H3. The van der Waals surface area contributed by atoms with E-state index >= 15 is 0 Å². The lowest BCUT2D eigenvalue weighted by atomic mass is 10.2. The molecule has 0 aliphatic heterocycles. The molecule has 0 bridgehead atoms. The number of hydrogen-bond acceptors (Lipinski definition) is 1. The van der Waals surface area contributed by atoms with E-state index < -0.39 is 0 Å². The minimum absolute atomic E-state index is 0.485. The van der Waals surface area contributed by atoms with Crippen LogP contribution in [0.1, 0.15) is 12.5 Å². The van der Waals surface area contributed by atoms with Crippen molar-refractivity contribution in [1.82, 2.24) is 0 Å². The average molecular weight is 186 g/mol. The van der Waals surface area contributed by atoms with Gasteiger partial charge in [-0.1, -0.05) is 42.2 Å². The summed E-state index contributed by atoms with van der Waals surface area (Å²) in [4.78, 5) is 0. The SMILES string of the molecule is CC=CCOCC#Cc1ccccc1. The summed E-state index contributed by atoms with van der Waals surface area (Å²) in [6, 6.07) is 9.90. The molecular formula is C13H14O. The highest BCUT2D eigenvalue weighted by Gasteiger charge is 1.81. The summed E-state index contributed by atoms with van der Waals surface area (Å²) in [5.41, 5.74) is 1.03. The maximum absolute atomic E-state index is 5.24. The second-order valence-electron chi connectivity index (χ2n) is 2.75. The molecule has 0 heterocycles. The lowest BCUT2D eigenvalue weighted by Crippen LogP contribution is -1.90. The number of allylic oxidation sites excluding steroid dienone is 1. The molecule has 0 aromatic heterocycles. The van der Waals surface area contributed by atoms with E-state index in [1.54, 1.807) is 0 Å². The molecule has 72 valence electrons. The van der Waals surface area contributed by atoms with Gasteiger partial charge in [0.2, 0.25) is 0 Å². The molecule has 0 spiro atoms. The first-order valence-corrected chi connectivity index (χ1v) is 4.66. The topological polar surface area (TPSA) is 9.23 Å². The Kier molecular flexibility index (Phi) is 5.23. The van der Waals surface area contributed by atoms with Gasteiger partial charge < -0.3 is 4.74 Å². The Morgan fingerprint density at radius 3 is 2.79 bits per heavy atom. The van der Waals surface area contributed by atoms with E-state index in [4.69, 9.17) is 4.74 Å². The smallest absolute Gasteiger partial charge is 0.108 e. The molecule has 1 nitrogen and oxygen atoms in total. The Morgan fingerprint density at radius 2 is 2.07 bits per heavy atom. The monoisotopic (exact) mass is 186 g/mol. The van der Waals surface area contributed by atoms with Crippen LogP contribution in [0.25, 0.3) is 0 Å². The first kappa shape index (κ1) is 10.6. The lowest BCUT2D eigenvalue weighted by molar-refractivity contribution is 0.199. The van der Waals surface area contributed by atoms with E-state index in [0.717, 1.165) is 5.56 Å². The van der Waals surface area contributed by atoms with E-state index in [1.807, 2.05) is 49.4 Å². The van der Waals surface area contributed by atoms with Crippen molar-refractivity contribution in [2.24, 2.45) is 0 Å². The summed E-state index contributed by atoms with van der Waals surface area (Å²) in [7, 11) is 0. The second-order valence-corrected chi connectivity index (χ2v) is 2.75. The van der Waals surface area contributed by atoms with E-state index in [-0.39, 0.29) is 0 Å². The summed E-state index contributed by atoms with van der Waals surface area (Å²) in [5, 5.41) is 0. The van der Waals surface area contributed by atoms with Crippen molar-refractivity contribution in [2.75, 3.05) is 13.2 Å². The molecule has 0 saturated heterocycles. The fraction of sp³-hybridized carbons (Fsp3) is 0.231. The number of rotatable bonds is 3. The molecule has 0 amide bonds. The van der Waals surface area contributed by atoms with Crippen LogP contribution in [0.3, 0.4) is 0 Å². The molecule has 1 rings (SSSR count). The summed E-state index contributed by atoms with van der Waals surface area (Å²) in [6.45, 7) is 3.10. The van der Waals surface area contributed by atoms with Crippen LogP contribution >= 0.6 is 0 Å². The molecule has 1 aromatic carbocycles. The summed E-state index contributed by atoms with van der Waals surface area (Å²) in [6.07, 6.45) is 3.93. The van der Waals surface area contributed by atoms with E-state index in [0.29, 0.717) is 13.2 Å². The Balaban J connectivity index is 2.27. The van der Waals surface area contributed by atoms with Crippen LogP contribution in [0.5, 0.6) is 0 Å². The van der Waals surface area contributed by atoms with Gasteiger partial charge in [0, 0.05) is 5.56 Å². The molecule has 0 atom stereocenters. The van der Waals surface area contributed by atoms with Gasteiger partial charge >= 0.3 is 0 Å². The maximum atomic E-state index is 5.24. The predicted octanol–water partition coefficient (Wildman–Crippen LogP) is 2.63. The summed E-state index contributed by atoms with van der Waals surface area (Å²) >= 11 is 0. The van der Waals surface area contributed by atoms with E-state index in [9.17, 15) is 0 Å². The molecular weight excluding hydrogens is 172 g/mol. The van der Waals surface area contributed by atoms with Gasteiger partial charge in [0.25, 0.3) is 0 Å². The lowest BCUT2D eigenvalue weighted by Gasteiger charge is -1.91. The molecule has 14 heavy (non-hydrogen) atoms. The molecule has 0 radical (unpaired) electrons. The highest BCUT2D eigenvalue weighted by Crippen LogP contribution is 1.94. The van der Waals surface area contributed by atoms with Crippen LogP contribution in [0.4, 0.5) is 0 Å². The fourth-order valence-corrected chi connectivity index (χ4v) is 0.934. The van der Waals surface area contributed by atoms with E-state index in [2.05, 4.69) is 11.8 Å². The van der Waals surface area contributed by atoms with E-state index in [1.165, 1.54) is 0 Å². The fourth-order valence-electron chi connectivity index (χ4n) is 0.934. The van der Waals surface area contributed by atoms with Crippen molar-refractivity contribution >= 4 is 0 Å². The molecule has 1 heteroatoms. The summed E-state index contributed by atoms with van der Waals surface area (Å²) in [5.74, 6) is 5.98. The van der Waals surface area contributed by atoms with Gasteiger partial charge in [-0.3, -0.25) is 0 Å². The van der Waals surface area contributed by atoms with Crippen LogP contribution in [-0.2, 0) is 4.74 Å². The van der Waals surface area contributed by atoms with Crippen LogP contribution in [0.15, 0.2) is 42.5 Å². The molecule has 0 aliphatic rings. The van der Waals surface area contributed by atoms with Gasteiger partial charge in [-0.05, 0) is 19.1 Å². The third kappa shape index (κ3) is 4.49. The van der Waals surface area contributed by atoms with Gasteiger partial charge in [0.15, 0.2) is 0 Å². The maximum Gasteiger partial charge on any atom is 0.108 e. The first-order valence-electron chi connectivity index (χ1n) is 4.66. The first-order chi connectivity index (χ1) is 6.93. The van der Waals surface area contributed by atoms with Crippen LogP contribution < -0.4 is 0 Å². The zero-order chi connectivity index (χ0) is 10.1. The Hall–Kier alpha value is -1.52. The quantitative estimate of drug-likeness (QED) is 0.400. The van der Waals surface area contributed by atoms with Gasteiger partial charge in [0.1, 0.15) is 6.61 Å². The van der Waals surface area contributed by atoms with Crippen molar-refractivity contribution in [2.45, 2.75) is 6.92 Å². The minimum Gasteiger partial charge on any atom is -0.365 e. The van der Waals surface area contributed by atoms with Crippen molar-refractivity contribution < 1.29 is 4.74 Å². The molecule has 1 aromatic rings. The normalized spacial score (nSPS) is 9.79. The van der Waals surface area contributed by atoms with Gasteiger partial charge in [-0.25, -0.2) is 0 Å².